The Kier molecular flexibility index (Phi) is 6.33. The largest absolute Gasteiger partial charge is 0.493 e. The molecule has 2 N–H and O–H groups in total. The second-order valence-corrected chi connectivity index (χ2v) is 4.52. The van der Waals surface area contributed by atoms with Crippen LogP contribution in [-0.2, 0) is 6.42 Å². The third-order valence-electron chi connectivity index (χ3n) is 3.49. The van der Waals surface area contributed by atoms with E-state index in [1.54, 1.807) is 20.5 Å². The van der Waals surface area contributed by atoms with E-state index in [0.29, 0.717) is 0 Å². The van der Waals surface area contributed by atoms with Gasteiger partial charge in [0.2, 0.25) is 0 Å². The van der Waals surface area contributed by atoms with Crippen LogP contribution in [0.2, 0.25) is 0 Å². The average Bonchev–Trinajstić information content (AvgIpc) is 2.94. The van der Waals surface area contributed by atoms with E-state index in [9.17, 15) is 0 Å². The summed E-state index contributed by atoms with van der Waals surface area (Å²) in [5.74, 6) is 1.48. The summed E-state index contributed by atoms with van der Waals surface area (Å²) in [6, 6.07) is 6.08. The second kappa shape index (κ2) is 7.54. The molecule has 1 unspecified atom stereocenters. The van der Waals surface area contributed by atoms with Gasteiger partial charge in [0.05, 0.1) is 32.3 Å². The highest BCUT2D eigenvalue weighted by molar-refractivity contribution is 5.85. The van der Waals surface area contributed by atoms with Gasteiger partial charge in [-0.05, 0) is 17.7 Å². The molecule has 1 aliphatic heterocycles. The Morgan fingerprint density at radius 1 is 1.14 bits per heavy atom. The lowest BCUT2D eigenvalue weighted by atomic mass is 9.97. The zero-order valence-electron chi connectivity index (χ0n) is 11.9. The van der Waals surface area contributed by atoms with Crippen LogP contribution in [-0.4, -0.2) is 30.7 Å². The zero-order chi connectivity index (χ0) is 13.2. The average molecular weight is 332 g/mol. The van der Waals surface area contributed by atoms with E-state index < -0.39 is 0 Å². The summed E-state index contributed by atoms with van der Waals surface area (Å²) in [6.45, 7) is 0.939. The summed E-state index contributed by atoms with van der Waals surface area (Å²) < 4.78 is 10.6. The lowest BCUT2D eigenvalue weighted by Crippen LogP contribution is -2.30. The van der Waals surface area contributed by atoms with Crippen LogP contribution >= 0.6 is 24.8 Å². The van der Waals surface area contributed by atoms with E-state index in [1.807, 2.05) is 18.2 Å². The number of methoxy groups -OCH3 is 2. The molecule has 7 heteroatoms. The van der Waals surface area contributed by atoms with Gasteiger partial charge >= 0.3 is 0 Å². The fourth-order valence-corrected chi connectivity index (χ4v) is 2.53. The van der Waals surface area contributed by atoms with Crippen molar-refractivity contribution in [3.63, 3.8) is 0 Å². The summed E-state index contributed by atoms with van der Waals surface area (Å²) in [5.41, 5.74) is 3.41. The molecule has 21 heavy (non-hydrogen) atoms. The van der Waals surface area contributed by atoms with Gasteiger partial charge in [-0.15, -0.1) is 24.8 Å². The molecule has 0 amide bonds. The Hall–Kier alpha value is -1.43. The third kappa shape index (κ3) is 3.26. The summed E-state index contributed by atoms with van der Waals surface area (Å²) in [4.78, 5) is 7.62. The lowest BCUT2D eigenvalue weighted by molar-refractivity contribution is 0.354. The number of halogens is 2. The molecule has 1 aromatic heterocycles. The van der Waals surface area contributed by atoms with Crippen LogP contribution in [0.15, 0.2) is 24.5 Å². The molecule has 2 aromatic rings. The standard InChI is InChI=1S/C14H17N3O2.2ClH/c1-18-11-4-3-9(7-12(11)19-2)13-14-10(5-6-15-13)16-8-17-14;;/h3-4,7-8,13,15H,5-6H2,1-2H3,(H,16,17);2*1H. The van der Waals surface area contributed by atoms with Crippen molar-refractivity contribution in [2.45, 2.75) is 12.5 Å². The van der Waals surface area contributed by atoms with E-state index in [4.69, 9.17) is 9.47 Å². The van der Waals surface area contributed by atoms with Gasteiger partial charge in [0.1, 0.15) is 0 Å². The van der Waals surface area contributed by atoms with Crippen molar-refractivity contribution in [1.29, 1.82) is 0 Å². The van der Waals surface area contributed by atoms with Gasteiger partial charge < -0.3 is 19.8 Å². The maximum Gasteiger partial charge on any atom is 0.161 e. The Morgan fingerprint density at radius 2 is 1.90 bits per heavy atom. The van der Waals surface area contributed by atoms with Crippen LogP contribution in [0.3, 0.4) is 0 Å². The number of rotatable bonds is 3. The number of H-pyrrole nitrogens is 1. The van der Waals surface area contributed by atoms with Crippen molar-refractivity contribution < 1.29 is 9.47 Å². The van der Waals surface area contributed by atoms with E-state index >= 15 is 0 Å². The number of ether oxygens (including phenoxy) is 2. The topological polar surface area (TPSA) is 59.2 Å². The van der Waals surface area contributed by atoms with E-state index in [1.165, 1.54) is 5.69 Å². The number of nitrogens with zero attached hydrogens (tertiary/aromatic N) is 1. The van der Waals surface area contributed by atoms with Gasteiger partial charge in [0, 0.05) is 18.7 Å². The number of benzene rings is 1. The quantitative estimate of drug-likeness (QED) is 0.907. The SMILES string of the molecule is COc1ccc(C2NCCc3[nH]cnc32)cc1OC.Cl.Cl. The molecule has 3 rings (SSSR count). The fraction of sp³-hybridized carbons (Fsp3) is 0.357. The van der Waals surface area contributed by atoms with Crippen molar-refractivity contribution in [3.05, 3.63) is 41.5 Å². The Morgan fingerprint density at radius 3 is 2.62 bits per heavy atom. The first-order chi connectivity index (χ1) is 9.33. The number of nitrogens with one attached hydrogen (secondary N) is 2. The van der Waals surface area contributed by atoms with E-state index in [-0.39, 0.29) is 30.9 Å². The van der Waals surface area contributed by atoms with Crippen LogP contribution < -0.4 is 14.8 Å². The van der Waals surface area contributed by atoms with Crippen LogP contribution in [0.25, 0.3) is 0 Å². The molecule has 2 heterocycles. The third-order valence-corrected chi connectivity index (χ3v) is 3.49. The highest BCUT2D eigenvalue weighted by Crippen LogP contribution is 2.33. The first-order valence-corrected chi connectivity index (χ1v) is 6.31. The maximum atomic E-state index is 5.36. The number of hydrogen-bond acceptors (Lipinski definition) is 4. The first kappa shape index (κ1) is 17.6. The van der Waals surface area contributed by atoms with E-state index in [0.717, 1.165) is 35.7 Å². The predicted molar refractivity (Wildman–Crippen MR) is 86.2 cm³/mol. The predicted octanol–water partition coefficient (Wildman–Crippen LogP) is 2.51. The summed E-state index contributed by atoms with van der Waals surface area (Å²) in [6.07, 6.45) is 2.74. The number of hydrogen-bond donors (Lipinski definition) is 2. The molecule has 0 saturated heterocycles. The van der Waals surface area contributed by atoms with Gasteiger partial charge in [-0.1, -0.05) is 6.07 Å². The minimum absolute atomic E-state index is 0. The van der Waals surface area contributed by atoms with Gasteiger partial charge in [-0.25, -0.2) is 4.98 Å². The Balaban J connectivity index is 0.00000110. The molecule has 0 spiro atoms. The number of aromatic nitrogens is 2. The van der Waals surface area contributed by atoms with Crippen molar-refractivity contribution >= 4 is 24.8 Å². The molecule has 1 aliphatic rings. The van der Waals surface area contributed by atoms with Crippen molar-refractivity contribution in [2.24, 2.45) is 0 Å². The summed E-state index contributed by atoms with van der Waals surface area (Å²) in [7, 11) is 3.29. The lowest BCUT2D eigenvalue weighted by Gasteiger charge is -2.24. The Labute approximate surface area is 136 Å². The zero-order valence-corrected chi connectivity index (χ0v) is 13.5. The Bertz CT molecular complexity index is 589. The molecule has 1 atom stereocenters. The molecule has 1 aromatic carbocycles. The van der Waals surface area contributed by atoms with Crippen molar-refractivity contribution in [3.8, 4) is 11.5 Å². The maximum absolute atomic E-state index is 5.36. The minimum Gasteiger partial charge on any atom is -0.493 e. The normalized spacial score (nSPS) is 16.2. The molecular formula is C14H19Cl2N3O2. The van der Waals surface area contributed by atoms with Gasteiger partial charge in [0.25, 0.3) is 0 Å². The molecule has 0 bridgehead atoms. The number of aromatic amines is 1. The number of fused-ring (bicyclic) bond motifs is 1. The van der Waals surface area contributed by atoms with Gasteiger partial charge in [-0.3, -0.25) is 0 Å². The smallest absolute Gasteiger partial charge is 0.161 e. The summed E-state index contributed by atoms with van der Waals surface area (Å²) in [5, 5.41) is 3.49. The number of imidazole rings is 1. The van der Waals surface area contributed by atoms with E-state index in [2.05, 4.69) is 15.3 Å². The molecule has 0 radical (unpaired) electrons. The highest BCUT2D eigenvalue weighted by Gasteiger charge is 2.24. The van der Waals surface area contributed by atoms with Crippen LogP contribution in [0.5, 0.6) is 11.5 Å². The second-order valence-electron chi connectivity index (χ2n) is 4.52. The molecule has 0 saturated carbocycles. The van der Waals surface area contributed by atoms with Gasteiger partial charge in [-0.2, -0.15) is 0 Å². The molecule has 116 valence electrons. The van der Waals surface area contributed by atoms with Crippen molar-refractivity contribution in [2.75, 3.05) is 20.8 Å². The fourth-order valence-electron chi connectivity index (χ4n) is 2.53. The molecular weight excluding hydrogens is 313 g/mol. The summed E-state index contributed by atoms with van der Waals surface area (Å²) >= 11 is 0. The van der Waals surface area contributed by atoms with Crippen molar-refractivity contribution in [1.82, 2.24) is 15.3 Å². The minimum atomic E-state index is 0. The van der Waals surface area contributed by atoms with Gasteiger partial charge in [0.15, 0.2) is 11.5 Å². The highest BCUT2D eigenvalue weighted by atomic mass is 35.5. The molecule has 5 nitrogen and oxygen atoms in total. The monoisotopic (exact) mass is 331 g/mol. The first-order valence-electron chi connectivity index (χ1n) is 6.31. The molecule has 0 fully saturated rings. The van der Waals surface area contributed by atoms with Crippen LogP contribution in [0.4, 0.5) is 0 Å². The van der Waals surface area contributed by atoms with Crippen LogP contribution in [0.1, 0.15) is 23.0 Å². The molecule has 0 aliphatic carbocycles. The van der Waals surface area contributed by atoms with Crippen LogP contribution in [0, 0.1) is 0 Å².